The Bertz CT molecular complexity index is 35.2. The van der Waals surface area contributed by atoms with Crippen molar-refractivity contribution < 1.29 is 0 Å². The van der Waals surface area contributed by atoms with Gasteiger partial charge in [-0.1, -0.05) is 34.6 Å². The predicted molar refractivity (Wildman–Crippen MR) is 49.3 cm³/mol. The van der Waals surface area contributed by atoms with E-state index in [4.69, 9.17) is 0 Å². The van der Waals surface area contributed by atoms with E-state index in [0.29, 0.717) is 0 Å². The summed E-state index contributed by atoms with van der Waals surface area (Å²) < 4.78 is 0. The van der Waals surface area contributed by atoms with Crippen LogP contribution in [0.25, 0.3) is 0 Å². The summed E-state index contributed by atoms with van der Waals surface area (Å²) in [7, 11) is 0. The molecule has 0 atom stereocenters. The molecule has 0 unspecified atom stereocenters. The molecule has 0 saturated heterocycles. The molecular formula is C9H23N. The SMILES string of the molecule is CC(C)C.CCCNCC. The summed E-state index contributed by atoms with van der Waals surface area (Å²) in [5.41, 5.74) is 0. The van der Waals surface area contributed by atoms with Crippen LogP contribution in [0.2, 0.25) is 0 Å². The minimum atomic E-state index is 0.833. The summed E-state index contributed by atoms with van der Waals surface area (Å²) in [5, 5.41) is 3.20. The van der Waals surface area contributed by atoms with Crippen molar-refractivity contribution >= 4 is 0 Å². The summed E-state index contributed by atoms with van der Waals surface area (Å²) >= 11 is 0. The molecule has 0 aliphatic carbocycles. The maximum absolute atomic E-state index is 3.20. The second-order valence-corrected chi connectivity index (χ2v) is 3.09. The summed E-state index contributed by atoms with van der Waals surface area (Å²) in [4.78, 5) is 0. The Balaban J connectivity index is 0. The molecule has 0 heterocycles. The van der Waals surface area contributed by atoms with Gasteiger partial charge in [0.25, 0.3) is 0 Å². The van der Waals surface area contributed by atoms with E-state index in [2.05, 4.69) is 39.9 Å². The number of nitrogens with one attached hydrogen (secondary N) is 1. The van der Waals surface area contributed by atoms with E-state index in [0.717, 1.165) is 19.0 Å². The average Bonchev–Trinajstić information content (AvgIpc) is 1.82. The average molecular weight is 145 g/mol. The lowest BCUT2D eigenvalue weighted by Gasteiger charge is -1.91. The maximum Gasteiger partial charge on any atom is -0.00517 e. The fourth-order valence-corrected chi connectivity index (χ4v) is 0.354. The van der Waals surface area contributed by atoms with Crippen LogP contribution < -0.4 is 5.32 Å². The van der Waals surface area contributed by atoms with Crippen molar-refractivity contribution in [1.29, 1.82) is 0 Å². The summed E-state index contributed by atoms with van der Waals surface area (Å²) in [6.45, 7) is 13.1. The molecule has 1 heteroatoms. The fourth-order valence-electron chi connectivity index (χ4n) is 0.354. The summed E-state index contributed by atoms with van der Waals surface area (Å²) in [6, 6.07) is 0. The number of hydrogen-bond acceptors (Lipinski definition) is 1. The van der Waals surface area contributed by atoms with Gasteiger partial charge in [-0.2, -0.15) is 0 Å². The molecule has 0 aromatic carbocycles. The Labute approximate surface area is 66.2 Å². The minimum Gasteiger partial charge on any atom is -0.317 e. The molecule has 0 spiro atoms. The van der Waals surface area contributed by atoms with Crippen molar-refractivity contribution in [3.63, 3.8) is 0 Å². The molecule has 1 N–H and O–H groups in total. The zero-order chi connectivity index (χ0) is 8.41. The van der Waals surface area contributed by atoms with Crippen LogP contribution in [0.5, 0.6) is 0 Å². The highest BCUT2D eigenvalue weighted by Crippen LogP contribution is 1.81. The van der Waals surface area contributed by atoms with Gasteiger partial charge in [0.1, 0.15) is 0 Å². The van der Waals surface area contributed by atoms with Crippen molar-refractivity contribution in [2.24, 2.45) is 5.92 Å². The highest BCUT2D eigenvalue weighted by Gasteiger charge is 1.71. The largest absolute Gasteiger partial charge is 0.317 e. The van der Waals surface area contributed by atoms with Crippen LogP contribution >= 0.6 is 0 Å². The zero-order valence-corrected chi connectivity index (χ0v) is 8.20. The molecule has 0 aromatic rings. The number of hydrogen-bond donors (Lipinski definition) is 1. The van der Waals surface area contributed by atoms with Crippen LogP contribution in [0, 0.1) is 5.92 Å². The van der Waals surface area contributed by atoms with Crippen LogP contribution in [-0.2, 0) is 0 Å². The van der Waals surface area contributed by atoms with Gasteiger partial charge in [0.05, 0.1) is 0 Å². The Kier molecular flexibility index (Phi) is 14.8. The molecule has 0 amide bonds. The van der Waals surface area contributed by atoms with E-state index in [9.17, 15) is 0 Å². The Hall–Kier alpha value is -0.0400. The molecule has 0 saturated carbocycles. The van der Waals surface area contributed by atoms with Gasteiger partial charge in [0, 0.05) is 0 Å². The normalized spacial score (nSPS) is 9.00. The van der Waals surface area contributed by atoms with Crippen LogP contribution in [0.15, 0.2) is 0 Å². The zero-order valence-electron chi connectivity index (χ0n) is 8.20. The Morgan fingerprint density at radius 2 is 1.50 bits per heavy atom. The van der Waals surface area contributed by atoms with Gasteiger partial charge in [-0.3, -0.25) is 0 Å². The minimum absolute atomic E-state index is 0.833. The third-order valence-electron chi connectivity index (χ3n) is 0.677. The first kappa shape index (κ1) is 12.6. The second kappa shape index (κ2) is 11.7. The van der Waals surface area contributed by atoms with Gasteiger partial charge in [0.2, 0.25) is 0 Å². The van der Waals surface area contributed by atoms with Gasteiger partial charge < -0.3 is 5.32 Å². The molecule has 0 bridgehead atoms. The van der Waals surface area contributed by atoms with Crippen LogP contribution in [-0.4, -0.2) is 13.1 Å². The van der Waals surface area contributed by atoms with Gasteiger partial charge in [-0.15, -0.1) is 0 Å². The Morgan fingerprint density at radius 1 is 1.10 bits per heavy atom. The monoisotopic (exact) mass is 145 g/mol. The van der Waals surface area contributed by atoms with E-state index < -0.39 is 0 Å². The van der Waals surface area contributed by atoms with E-state index in [1.807, 2.05) is 0 Å². The third-order valence-corrected chi connectivity index (χ3v) is 0.677. The van der Waals surface area contributed by atoms with Gasteiger partial charge in [-0.25, -0.2) is 0 Å². The van der Waals surface area contributed by atoms with E-state index >= 15 is 0 Å². The lowest BCUT2D eigenvalue weighted by molar-refractivity contribution is 0.703. The summed E-state index contributed by atoms with van der Waals surface area (Å²) in [6.07, 6.45) is 1.24. The van der Waals surface area contributed by atoms with Crippen molar-refractivity contribution in [1.82, 2.24) is 5.32 Å². The molecule has 10 heavy (non-hydrogen) atoms. The first-order valence-corrected chi connectivity index (χ1v) is 4.35. The van der Waals surface area contributed by atoms with Crippen molar-refractivity contribution in [2.45, 2.75) is 41.0 Å². The van der Waals surface area contributed by atoms with E-state index in [-0.39, 0.29) is 0 Å². The molecule has 64 valence electrons. The highest BCUT2D eigenvalue weighted by molar-refractivity contribution is 4.35. The first-order valence-electron chi connectivity index (χ1n) is 4.35. The van der Waals surface area contributed by atoms with Crippen molar-refractivity contribution in [3.8, 4) is 0 Å². The quantitative estimate of drug-likeness (QED) is 0.602. The van der Waals surface area contributed by atoms with Crippen LogP contribution in [0.4, 0.5) is 0 Å². The smallest absolute Gasteiger partial charge is 0.00517 e. The number of rotatable bonds is 3. The van der Waals surface area contributed by atoms with E-state index in [1.54, 1.807) is 0 Å². The second-order valence-electron chi connectivity index (χ2n) is 3.09. The molecule has 0 rings (SSSR count). The van der Waals surface area contributed by atoms with Gasteiger partial charge in [0.15, 0.2) is 0 Å². The van der Waals surface area contributed by atoms with E-state index in [1.165, 1.54) is 6.42 Å². The molecule has 0 fully saturated rings. The van der Waals surface area contributed by atoms with Gasteiger partial charge >= 0.3 is 0 Å². The summed E-state index contributed by atoms with van der Waals surface area (Å²) in [5.74, 6) is 0.833. The Morgan fingerprint density at radius 3 is 1.60 bits per heavy atom. The molecular weight excluding hydrogens is 122 g/mol. The maximum atomic E-state index is 3.20. The lowest BCUT2D eigenvalue weighted by Crippen LogP contribution is -2.12. The molecule has 0 radical (unpaired) electrons. The van der Waals surface area contributed by atoms with Crippen molar-refractivity contribution in [2.75, 3.05) is 13.1 Å². The molecule has 0 aromatic heterocycles. The predicted octanol–water partition coefficient (Wildman–Crippen LogP) is 2.67. The third kappa shape index (κ3) is 44.0. The fraction of sp³-hybridized carbons (Fsp3) is 1.00. The lowest BCUT2D eigenvalue weighted by atomic mass is 10.3. The van der Waals surface area contributed by atoms with Crippen LogP contribution in [0.3, 0.4) is 0 Å². The molecule has 0 aliphatic heterocycles. The van der Waals surface area contributed by atoms with Crippen LogP contribution in [0.1, 0.15) is 41.0 Å². The topological polar surface area (TPSA) is 12.0 Å². The standard InChI is InChI=1S/C5H13N.C4H10/c1-3-5-6-4-2;1-4(2)3/h6H,3-5H2,1-2H3;4H,1-3H3. The van der Waals surface area contributed by atoms with Crippen molar-refractivity contribution in [3.05, 3.63) is 0 Å². The molecule has 1 nitrogen and oxygen atoms in total. The first-order chi connectivity index (χ1) is 4.65. The molecule has 0 aliphatic rings. The highest BCUT2D eigenvalue weighted by atomic mass is 14.8. The van der Waals surface area contributed by atoms with Gasteiger partial charge in [-0.05, 0) is 25.4 Å².